The second-order valence-corrected chi connectivity index (χ2v) is 7.92. The van der Waals surface area contributed by atoms with Crippen molar-refractivity contribution < 1.29 is 19.3 Å². The Morgan fingerprint density at radius 3 is 2.67 bits per heavy atom. The van der Waals surface area contributed by atoms with Crippen LogP contribution in [0.3, 0.4) is 0 Å². The van der Waals surface area contributed by atoms with E-state index in [0.29, 0.717) is 31.6 Å². The van der Waals surface area contributed by atoms with E-state index >= 15 is 0 Å². The summed E-state index contributed by atoms with van der Waals surface area (Å²) in [6, 6.07) is 0. The fourth-order valence-electron chi connectivity index (χ4n) is 3.67. The normalized spacial score (nSPS) is 26.2. The molecule has 2 heterocycles. The molecule has 30 heavy (non-hydrogen) atoms. The van der Waals surface area contributed by atoms with Gasteiger partial charge in [-0.2, -0.15) is 0 Å². The SMILES string of the molecule is C=CCC[C@]1(COCCCC)O[C@@H](n2cc(C)c(=O)[nH]c2=O)[C@@H](O)C1OCCCC. The predicted octanol–water partition coefficient (Wildman–Crippen LogP) is 2.44. The number of aromatic amines is 1. The first-order valence-corrected chi connectivity index (χ1v) is 10.9. The number of nitrogens with zero attached hydrogens (tertiary/aromatic N) is 1. The number of hydrogen-bond donors (Lipinski definition) is 2. The highest BCUT2D eigenvalue weighted by molar-refractivity contribution is 5.07. The number of hydrogen-bond acceptors (Lipinski definition) is 6. The van der Waals surface area contributed by atoms with Crippen molar-refractivity contribution in [3.05, 3.63) is 45.3 Å². The number of ether oxygens (including phenoxy) is 3. The van der Waals surface area contributed by atoms with Gasteiger partial charge in [-0.05, 0) is 32.6 Å². The zero-order chi connectivity index (χ0) is 22.1. The summed E-state index contributed by atoms with van der Waals surface area (Å²) in [7, 11) is 0. The van der Waals surface area contributed by atoms with Crippen LogP contribution < -0.4 is 11.2 Å². The molecule has 1 aromatic rings. The van der Waals surface area contributed by atoms with Gasteiger partial charge in [-0.25, -0.2) is 4.79 Å². The molecular weight excluding hydrogens is 388 g/mol. The van der Waals surface area contributed by atoms with Crippen LogP contribution >= 0.6 is 0 Å². The minimum Gasteiger partial charge on any atom is -0.386 e. The molecule has 1 aliphatic heterocycles. The molecule has 170 valence electrons. The van der Waals surface area contributed by atoms with E-state index in [4.69, 9.17) is 14.2 Å². The number of aliphatic hydroxyl groups is 1. The van der Waals surface area contributed by atoms with Gasteiger partial charge in [0, 0.05) is 25.0 Å². The molecule has 0 bridgehead atoms. The number of unbranched alkanes of at least 4 members (excludes halogenated alkanes) is 2. The van der Waals surface area contributed by atoms with Gasteiger partial charge in [-0.15, -0.1) is 6.58 Å². The maximum Gasteiger partial charge on any atom is 0.330 e. The summed E-state index contributed by atoms with van der Waals surface area (Å²) in [4.78, 5) is 26.5. The molecule has 1 saturated heterocycles. The fraction of sp³-hybridized carbons (Fsp3) is 0.727. The molecule has 1 fully saturated rings. The molecule has 0 amide bonds. The van der Waals surface area contributed by atoms with Gasteiger partial charge >= 0.3 is 5.69 Å². The molecule has 0 saturated carbocycles. The van der Waals surface area contributed by atoms with Crippen molar-refractivity contribution in [1.29, 1.82) is 0 Å². The van der Waals surface area contributed by atoms with Crippen molar-refractivity contribution >= 4 is 0 Å². The minimum atomic E-state index is -1.09. The smallest absolute Gasteiger partial charge is 0.330 e. The van der Waals surface area contributed by atoms with E-state index in [-0.39, 0.29) is 6.61 Å². The second-order valence-electron chi connectivity index (χ2n) is 7.92. The molecule has 2 rings (SSSR count). The van der Waals surface area contributed by atoms with Gasteiger partial charge in [-0.1, -0.05) is 32.8 Å². The summed E-state index contributed by atoms with van der Waals surface area (Å²) in [5.74, 6) is 0. The van der Waals surface area contributed by atoms with Crippen LogP contribution in [0.5, 0.6) is 0 Å². The summed E-state index contributed by atoms with van der Waals surface area (Å²) >= 11 is 0. The maximum atomic E-state index is 12.4. The maximum absolute atomic E-state index is 12.4. The molecule has 8 nitrogen and oxygen atoms in total. The third-order valence-corrected chi connectivity index (χ3v) is 5.45. The highest BCUT2D eigenvalue weighted by atomic mass is 16.6. The third kappa shape index (κ3) is 5.69. The van der Waals surface area contributed by atoms with Crippen molar-refractivity contribution in [3.63, 3.8) is 0 Å². The average Bonchev–Trinajstić information content (AvgIpc) is 2.99. The number of rotatable bonds is 13. The number of allylic oxidation sites excluding steroid dienone is 1. The lowest BCUT2D eigenvalue weighted by atomic mass is 9.90. The number of H-pyrrole nitrogens is 1. The van der Waals surface area contributed by atoms with Crippen molar-refractivity contribution in [1.82, 2.24) is 9.55 Å². The number of nitrogens with one attached hydrogen (secondary N) is 1. The van der Waals surface area contributed by atoms with E-state index in [9.17, 15) is 14.7 Å². The fourth-order valence-corrected chi connectivity index (χ4v) is 3.67. The average molecular weight is 425 g/mol. The van der Waals surface area contributed by atoms with Gasteiger partial charge in [0.2, 0.25) is 0 Å². The summed E-state index contributed by atoms with van der Waals surface area (Å²) in [6.45, 7) is 10.8. The molecule has 1 aromatic heterocycles. The molecule has 0 aromatic carbocycles. The van der Waals surface area contributed by atoms with Crippen molar-refractivity contribution in [2.24, 2.45) is 0 Å². The van der Waals surface area contributed by atoms with E-state index in [1.807, 2.05) is 0 Å². The predicted molar refractivity (Wildman–Crippen MR) is 115 cm³/mol. The van der Waals surface area contributed by atoms with E-state index < -0.39 is 35.3 Å². The molecule has 0 spiro atoms. The van der Waals surface area contributed by atoms with E-state index in [0.717, 1.165) is 25.7 Å². The van der Waals surface area contributed by atoms with Gasteiger partial charge in [0.15, 0.2) is 6.23 Å². The van der Waals surface area contributed by atoms with Gasteiger partial charge in [0.05, 0.1) is 6.61 Å². The highest BCUT2D eigenvalue weighted by Gasteiger charge is 2.56. The first-order chi connectivity index (χ1) is 14.4. The van der Waals surface area contributed by atoms with Crippen LogP contribution in [0.2, 0.25) is 0 Å². The number of aromatic nitrogens is 2. The number of aryl methyl sites for hydroxylation is 1. The Hall–Kier alpha value is -1.74. The first kappa shape index (κ1) is 24.5. The van der Waals surface area contributed by atoms with Crippen LogP contribution in [0.1, 0.15) is 64.2 Å². The molecule has 8 heteroatoms. The van der Waals surface area contributed by atoms with Crippen molar-refractivity contribution in [2.45, 2.75) is 83.3 Å². The largest absolute Gasteiger partial charge is 0.386 e. The van der Waals surface area contributed by atoms with Gasteiger partial charge in [0.1, 0.15) is 17.8 Å². The van der Waals surface area contributed by atoms with Crippen LogP contribution in [-0.4, -0.2) is 52.3 Å². The molecule has 1 aliphatic rings. The molecule has 0 aliphatic carbocycles. The van der Waals surface area contributed by atoms with Crippen LogP contribution in [0.4, 0.5) is 0 Å². The van der Waals surface area contributed by atoms with E-state index in [1.165, 1.54) is 10.8 Å². The van der Waals surface area contributed by atoms with Crippen LogP contribution in [-0.2, 0) is 14.2 Å². The Labute approximate surface area is 177 Å². The molecule has 2 N–H and O–H groups in total. The van der Waals surface area contributed by atoms with Crippen LogP contribution in [0.15, 0.2) is 28.4 Å². The Morgan fingerprint density at radius 1 is 1.30 bits per heavy atom. The lowest BCUT2D eigenvalue weighted by molar-refractivity contribution is -0.156. The van der Waals surface area contributed by atoms with Crippen molar-refractivity contribution in [2.75, 3.05) is 19.8 Å². The molecule has 0 radical (unpaired) electrons. The van der Waals surface area contributed by atoms with Gasteiger partial charge in [0.25, 0.3) is 5.56 Å². The minimum absolute atomic E-state index is 0.238. The molecular formula is C22H36N2O6. The lowest BCUT2D eigenvalue weighted by Gasteiger charge is -2.34. The summed E-state index contributed by atoms with van der Waals surface area (Å²) in [5.41, 5.74) is -1.66. The standard InChI is InChI=1S/C22H36N2O6/c1-5-8-11-22(15-28-12-9-6-2)18(29-13-10-7-3)17(25)20(30-22)24-14-16(4)19(26)23-21(24)27/h5,14,17-18,20,25H,1,6-13,15H2,2-4H3,(H,23,26,27)/t17-,18?,20+,22+/m0/s1. The Bertz CT molecular complexity index is 789. The van der Waals surface area contributed by atoms with E-state index in [2.05, 4.69) is 25.4 Å². The molecule has 4 atom stereocenters. The van der Waals surface area contributed by atoms with Crippen molar-refractivity contribution in [3.8, 4) is 0 Å². The lowest BCUT2D eigenvalue weighted by Crippen LogP contribution is -2.49. The van der Waals surface area contributed by atoms with Crippen LogP contribution in [0, 0.1) is 6.92 Å². The third-order valence-electron chi connectivity index (χ3n) is 5.45. The quantitative estimate of drug-likeness (QED) is 0.372. The van der Waals surface area contributed by atoms with E-state index in [1.54, 1.807) is 13.0 Å². The summed E-state index contributed by atoms with van der Waals surface area (Å²) in [6.07, 6.45) is 5.36. The summed E-state index contributed by atoms with van der Waals surface area (Å²) in [5, 5.41) is 11.1. The van der Waals surface area contributed by atoms with Gasteiger partial charge in [-0.3, -0.25) is 14.3 Å². The first-order valence-electron chi connectivity index (χ1n) is 10.9. The Balaban J connectivity index is 2.39. The summed E-state index contributed by atoms with van der Waals surface area (Å²) < 4.78 is 19.6. The second kappa shape index (κ2) is 11.6. The topological polar surface area (TPSA) is 103 Å². The monoisotopic (exact) mass is 424 g/mol. The van der Waals surface area contributed by atoms with Crippen LogP contribution in [0.25, 0.3) is 0 Å². The Morgan fingerprint density at radius 2 is 2.00 bits per heavy atom. The number of aliphatic hydroxyl groups excluding tert-OH is 1. The molecule has 1 unspecified atom stereocenters. The van der Waals surface area contributed by atoms with Gasteiger partial charge < -0.3 is 19.3 Å². The zero-order valence-electron chi connectivity index (χ0n) is 18.4. The Kier molecular flexibility index (Phi) is 9.48. The zero-order valence-corrected chi connectivity index (χ0v) is 18.4. The highest BCUT2D eigenvalue weighted by Crippen LogP contribution is 2.42.